The van der Waals surface area contributed by atoms with Crippen LogP contribution >= 0.6 is 11.6 Å². The molecule has 4 aromatic rings. The molecule has 2 aromatic heterocycles. The Bertz CT molecular complexity index is 1020. The molecule has 1 amide bonds. The molecule has 0 unspecified atom stereocenters. The summed E-state index contributed by atoms with van der Waals surface area (Å²) >= 11 is 5.94. The van der Waals surface area contributed by atoms with Crippen molar-refractivity contribution in [2.75, 3.05) is 5.32 Å². The van der Waals surface area contributed by atoms with Crippen molar-refractivity contribution in [3.05, 3.63) is 83.6 Å². The molecule has 0 radical (unpaired) electrons. The fourth-order valence-corrected chi connectivity index (χ4v) is 2.80. The number of amides is 1. The van der Waals surface area contributed by atoms with Crippen molar-refractivity contribution in [2.24, 2.45) is 0 Å². The molecule has 5 heteroatoms. The quantitative estimate of drug-likeness (QED) is 0.504. The van der Waals surface area contributed by atoms with E-state index in [1.807, 2.05) is 54.6 Å². The summed E-state index contributed by atoms with van der Waals surface area (Å²) in [5.41, 5.74) is 2.80. The highest BCUT2D eigenvalue weighted by molar-refractivity contribution is 6.33. The van der Waals surface area contributed by atoms with Gasteiger partial charge in [-0.15, -0.1) is 0 Å². The molecule has 2 heterocycles. The number of rotatable bonds is 3. The van der Waals surface area contributed by atoms with Gasteiger partial charge < -0.3 is 9.73 Å². The molecule has 122 valence electrons. The average molecular weight is 349 g/mol. The summed E-state index contributed by atoms with van der Waals surface area (Å²) in [5.74, 6) is 0.490. The minimum Gasteiger partial charge on any atom is -0.456 e. The maximum atomic E-state index is 12.3. The third kappa shape index (κ3) is 3.12. The number of hydrogen-bond donors (Lipinski definition) is 1. The predicted molar refractivity (Wildman–Crippen MR) is 98.9 cm³/mol. The van der Waals surface area contributed by atoms with Crippen LogP contribution < -0.4 is 5.32 Å². The van der Waals surface area contributed by atoms with Gasteiger partial charge in [-0.25, -0.2) is 4.98 Å². The lowest BCUT2D eigenvalue weighted by Crippen LogP contribution is -2.12. The standard InChI is InChI=1S/C20H13ClN2O2/c21-19-16(5-3-11-22-19)20(24)23-15-9-7-13(8-10-15)18-12-14-4-1-2-6-17(14)25-18/h1-12H,(H,23,24). The molecule has 1 N–H and O–H groups in total. The predicted octanol–water partition coefficient (Wildman–Crippen LogP) is 5.40. The number of nitrogens with zero attached hydrogens (tertiary/aromatic N) is 1. The first kappa shape index (κ1) is 15.4. The molecule has 0 fully saturated rings. The van der Waals surface area contributed by atoms with Gasteiger partial charge >= 0.3 is 0 Å². The van der Waals surface area contributed by atoms with E-state index in [0.717, 1.165) is 22.3 Å². The fraction of sp³-hybridized carbons (Fsp3) is 0. The second-order valence-electron chi connectivity index (χ2n) is 5.52. The average Bonchev–Trinajstić information content (AvgIpc) is 3.07. The van der Waals surface area contributed by atoms with Crippen LogP contribution in [0.25, 0.3) is 22.3 Å². The zero-order valence-corrected chi connectivity index (χ0v) is 13.8. The Balaban J connectivity index is 1.56. The molecule has 0 atom stereocenters. The van der Waals surface area contributed by atoms with Crippen molar-refractivity contribution < 1.29 is 9.21 Å². The number of aromatic nitrogens is 1. The van der Waals surface area contributed by atoms with Crippen molar-refractivity contribution in [1.82, 2.24) is 4.98 Å². The normalized spacial score (nSPS) is 10.8. The van der Waals surface area contributed by atoms with Crippen molar-refractivity contribution >= 4 is 34.2 Å². The Morgan fingerprint density at radius 2 is 1.80 bits per heavy atom. The van der Waals surface area contributed by atoms with E-state index in [9.17, 15) is 4.79 Å². The van der Waals surface area contributed by atoms with Crippen molar-refractivity contribution in [2.45, 2.75) is 0 Å². The third-order valence-corrected chi connectivity index (χ3v) is 4.16. The number of hydrogen-bond acceptors (Lipinski definition) is 3. The third-order valence-electron chi connectivity index (χ3n) is 3.86. The number of halogens is 1. The van der Waals surface area contributed by atoms with E-state index in [-0.39, 0.29) is 11.1 Å². The Labute approximate surface area is 149 Å². The molecule has 0 aliphatic rings. The monoisotopic (exact) mass is 348 g/mol. The molecule has 4 rings (SSSR count). The second kappa shape index (κ2) is 6.42. The summed E-state index contributed by atoms with van der Waals surface area (Å²) in [6.45, 7) is 0. The van der Waals surface area contributed by atoms with E-state index < -0.39 is 0 Å². The van der Waals surface area contributed by atoms with Gasteiger partial charge in [-0.05, 0) is 48.5 Å². The molecular weight excluding hydrogens is 336 g/mol. The number of carbonyl (C=O) groups excluding carboxylic acids is 1. The number of para-hydroxylation sites is 1. The molecule has 0 bridgehead atoms. The summed E-state index contributed by atoms with van der Waals surface area (Å²) in [6.07, 6.45) is 1.54. The summed E-state index contributed by atoms with van der Waals surface area (Å²) < 4.78 is 5.85. The van der Waals surface area contributed by atoms with Gasteiger partial charge in [0, 0.05) is 22.8 Å². The number of benzene rings is 2. The SMILES string of the molecule is O=C(Nc1ccc(-c2cc3ccccc3o2)cc1)c1cccnc1Cl. The summed E-state index contributed by atoms with van der Waals surface area (Å²) in [4.78, 5) is 16.2. The van der Waals surface area contributed by atoms with Crippen LogP contribution in [0, 0.1) is 0 Å². The van der Waals surface area contributed by atoms with Crippen LogP contribution in [0.4, 0.5) is 5.69 Å². The highest BCUT2D eigenvalue weighted by Crippen LogP contribution is 2.28. The first-order valence-corrected chi connectivity index (χ1v) is 8.09. The Morgan fingerprint density at radius 1 is 1.00 bits per heavy atom. The number of furan rings is 1. The lowest BCUT2D eigenvalue weighted by molar-refractivity contribution is 0.102. The zero-order chi connectivity index (χ0) is 17.2. The number of fused-ring (bicyclic) bond motifs is 1. The van der Waals surface area contributed by atoms with Gasteiger partial charge in [-0.3, -0.25) is 4.79 Å². The van der Waals surface area contributed by atoms with Crippen molar-refractivity contribution in [3.8, 4) is 11.3 Å². The Hall–Kier alpha value is -3.11. The van der Waals surface area contributed by atoms with Crippen LogP contribution in [0.5, 0.6) is 0 Å². The van der Waals surface area contributed by atoms with Crippen molar-refractivity contribution in [3.63, 3.8) is 0 Å². The molecule has 0 saturated heterocycles. The lowest BCUT2D eigenvalue weighted by Gasteiger charge is -2.06. The molecule has 25 heavy (non-hydrogen) atoms. The van der Waals surface area contributed by atoms with E-state index in [1.54, 1.807) is 18.3 Å². The molecular formula is C20H13ClN2O2. The van der Waals surface area contributed by atoms with E-state index >= 15 is 0 Å². The Kier molecular flexibility index (Phi) is 3.96. The lowest BCUT2D eigenvalue weighted by atomic mass is 10.1. The van der Waals surface area contributed by atoms with E-state index in [2.05, 4.69) is 10.3 Å². The topological polar surface area (TPSA) is 55.1 Å². The smallest absolute Gasteiger partial charge is 0.258 e. The summed E-state index contributed by atoms with van der Waals surface area (Å²) in [5, 5.41) is 4.05. The van der Waals surface area contributed by atoms with Gasteiger partial charge in [0.1, 0.15) is 16.5 Å². The van der Waals surface area contributed by atoms with E-state index in [0.29, 0.717) is 11.3 Å². The van der Waals surface area contributed by atoms with Gasteiger partial charge in [-0.2, -0.15) is 0 Å². The first-order valence-electron chi connectivity index (χ1n) is 7.71. The van der Waals surface area contributed by atoms with Gasteiger partial charge in [0.15, 0.2) is 0 Å². The molecule has 0 aliphatic carbocycles. The largest absolute Gasteiger partial charge is 0.456 e. The summed E-state index contributed by atoms with van der Waals surface area (Å²) in [6, 6.07) is 20.6. The van der Waals surface area contributed by atoms with Crippen LogP contribution in [0.2, 0.25) is 5.15 Å². The van der Waals surface area contributed by atoms with Crippen LogP contribution in [0.3, 0.4) is 0 Å². The van der Waals surface area contributed by atoms with Crippen LogP contribution in [-0.2, 0) is 0 Å². The van der Waals surface area contributed by atoms with Crippen LogP contribution in [0.15, 0.2) is 77.3 Å². The molecule has 2 aromatic carbocycles. The minimum atomic E-state index is -0.297. The van der Waals surface area contributed by atoms with E-state index in [4.69, 9.17) is 16.0 Å². The first-order chi connectivity index (χ1) is 12.2. The molecule has 4 nitrogen and oxygen atoms in total. The number of pyridine rings is 1. The Morgan fingerprint density at radius 3 is 2.56 bits per heavy atom. The van der Waals surface area contributed by atoms with Crippen LogP contribution in [0.1, 0.15) is 10.4 Å². The van der Waals surface area contributed by atoms with Crippen molar-refractivity contribution in [1.29, 1.82) is 0 Å². The van der Waals surface area contributed by atoms with Gasteiger partial charge in [0.2, 0.25) is 0 Å². The maximum absolute atomic E-state index is 12.3. The highest BCUT2D eigenvalue weighted by Gasteiger charge is 2.11. The van der Waals surface area contributed by atoms with Gasteiger partial charge in [0.05, 0.1) is 5.56 Å². The van der Waals surface area contributed by atoms with Gasteiger partial charge in [0.25, 0.3) is 5.91 Å². The molecule has 0 saturated carbocycles. The fourth-order valence-electron chi connectivity index (χ4n) is 2.60. The second-order valence-corrected chi connectivity index (χ2v) is 5.88. The molecule has 0 spiro atoms. The van der Waals surface area contributed by atoms with Gasteiger partial charge in [-0.1, -0.05) is 29.8 Å². The number of nitrogens with one attached hydrogen (secondary N) is 1. The number of anilines is 1. The maximum Gasteiger partial charge on any atom is 0.258 e. The van der Waals surface area contributed by atoms with Crippen LogP contribution in [-0.4, -0.2) is 10.9 Å². The van der Waals surface area contributed by atoms with E-state index in [1.165, 1.54) is 0 Å². The number of carbonyl (C=O) groups is 1. The zero-order valence-electron chi connectivity index (χ0n) is 13.1. The minimum absolute atomic E-state index is 0.180. The highest BCUT2D eigenvalue weighted by atomic mass is 35.5. The molecule has 0 aliphatic heterocycles. The summed E-state index contributed by atoms with van der Waals surface area (Å²) in [7, 11) is 0.